The van der Waals surface area contributed by atoms with Gasteiger partial charge in [-0.25, -0.2) is 18.7 Å². The Labute approximate surface area is 192 Å². The zero-order chi connectivity index (χ0) is 23.7. The number of hydrogen-bond acceptors (Lipinski definition) is 6. The molecule has 0 aliphatic heterocycles. The first kappa shape index (κ1) is 22.5. The van der Waals surface area contributed by atoms with Crippen molar-refractivity contribution in [3.8, 4) is 11.4 Å². The number of pyridine rings is 2. The summed E-state index contributed by atoms with van der Waals surface area (Å²) in [6, 6.07) is 7.20. The van der Waals surface area contributed by atoms with Gasteiger partial charge in [0.05, 0.1) is 17.6 Å². The van der Waals surface area contributed by atoms with E-state index in [1.165, 1.54) is 6.07 Å². The maximum atomic E-state index is 14.0. The van der Waals surface area contributed by atoms with E-state index in [1.807, 2.05) is 27.0 Å². The number of hydrogen-bond donors (Lipinski definition) is 1. The zero-order valence-corrected chi connectivity index (χ0v) is 18.7. The number of nitrogens with zero attached hydrogens (tertiary/aromatic N) is 5. The number of aryl methyl sites for hydroxylation is 2. The Morgan fingerprint density at radius 1 is 1.27 bits per heavy atom. The molecule has 0 aliphatic rings. The summed E-state index contributed by atoms with van der Waals surface area (Å²) in [6.45, 7) is 3.98. The number of aromatic nitrogens is 5. The van der Waals surface area contributed by atoms with Crippen LogP contribution in [-0.2, 0) is 7.05 Å². The highest BCUT2D eigenvalue weighted by molar-refractivity contribution is 6.29. The summed E-state index contributed by atoms with van der Waals surface area (Å²) in [4.78, 5) is 20.8. The molecule has 0 radical (unpaired) electrons. The molecule has 4 aromatic rings. The third-order valence-corrected chi connectivity index (χ3v) is 5.47. The first-order chi connectivity index (χ1) is 15.7. The molecule has 4 rings (SSSR count). The summed E-state index contributed by atoms with van der Waals surface area (Å²) in [5.41, 5.74) is 3.07. The van der Waals surface area contributed by atoms with E-state index in [0.29, 0.717) is 16.9 Å². The molecule has 0 saturated heterocycles. The van der Waals surface area contributed by atoms with Gasteiger partial charge in [-0.1, -0.05) is 22.8 Å². The Kier molecular flexibility index (Phi) is 6.19. The number of carbonyl (C=O) groups is 1. The van der Waals surface area contributed by atoms with E-state index >= 15 is 0 Å². The second-order valence-electron chi connectivity index (χ2n) is 7.42. The summed E-state index contributed by atoms with van der Waals surface area (Å²) in [5.74, 6) is -2.78. The molecule has 0 aliphatic carbocycles. The fourth-order valence-corrected chi connectivity index (χ4v) is 3.82. The summed E-state index contributed by atoms with van der Waals surface area (Å²) in [6.07, 6.45) is 0.855. The SMILES string of the molecule is Cc1nn(C)c(C)c1C(CNC(=O)c1cc(-c2ncc(F)cc2F)no1)c1cccc(Cl)n1. The van der Waals surface area contributed by atoms with Crippen LogP contribution in [0.3, 0.4) is 0 Å². The van der Waals surface area contributed by atoms with Crippen molar-refractivity contribution < 1.29 is 18.1 Å². The first-order valence-electron chi connectivity index (χ1n) is 9.93. The van der Waals surface area contributed by atoms with Gasteiger partial charge in [0.2, 0.25) is 5.76 Å². The van der Waals surface area contributed by atoms with Crippen molar-refractivity contribution in [2.75, 3.05) is 6.54 Å². The van der Waals surface area contributed by atoms with Gasteiger partial charge in [0.1, 0.15) is 22.4 Å². The first-order valence-corrected chi connectivity index (χ1v) is 10.3. The fourth-order valence-electron chi connectivity index (χ4n) is 3.65. The van der Waals surface area contributed by atoms with E-state index in [1.54, 1.807) is 16.8 Å². The molecular formula is C22H19ClF2N6O2. The van der Waals surface area contributed by atoms with Crippen LogP contribution in [0.2, 0.25) is 5.15 Å². The molecule has 0 fully saturated rings. The summed E-state index contributed by atoms with van der Waals surface area (Å²) in [5, 5.41) is 11.3. The number of carbonyl (C=O) groups excluding carboxylic acids is 1. The average Bonchev–Trinajstić information content (AvgIpc) is 3.34. The molecule has 4 aromatic heterocycles. The maximum absolute atomic E-state index is 14.0. The Morgan fingerprint density at radius 2 is 2.06 bits per heavy atom. The Balaban J connectivity index is 1.58. The third kappa shape index (κ3) is 4.61. The molecule has 1 unspecified atom stereocenters. The summed E-state index contributed by atoms with van der Waals surface area (Å²) in [7, 11) is 1.84. The van der Waals surface area contributed by atoms with Crippen molar-refractivity contribution in [1.82, 2.24) is 30.2 Å². The van der Waals surface area contributed by atoms with E-state index in [0.717, 1.165) is 23.1 Å². The van der Waals surface area contributed by atoms with Crippen LogP contribution in [0.25, 0.3) is 11.4 Å². The molecule has 11 heteroatoms. The minimum Gasteiger partial charge on any atom is -0.350 e. The van der Waals surface area contributed by atoms with Crippen molar-refractivity contribution in [1.29, 1.82) is 0 Å². The second-order valence-corrected chi connectivity index (χ2v) is 7.80. The number of nitrogens with one attached hydrogen (secondary N) is 1. The van der Waals surface area contributed by atoms with Crippen molar-refractivity contribution >= 4 is 17.5 Å². The van der Waals surface area contributed by atoms with E-state index in [9.17, 15) is 13.6 Å². The van der Waals surface area contributed by atoms with Crippen LogP contribution in [0.5, 0.6) is 0 Å². The topological polar surface area (TPSA) is 98.7 Å². The fraction of sp³-hybridized carbons (Fsp3) is 0.227. The Bertz CT molecular complexity index is 1340. The van der Waals surface area contributed by atoms with Crippen LogP contribution in [0.4, 0.5) is 8.78 Å². The molecular weight excluding hydrogens is 454 g/mol. The molecule has 0 aromatic carbocycles. The molecule has 0 saturated carbocycles. The molecule has 1 N–H and O–H groups in total. The van der Waals surface area contributed by atoms with Crippen molar-refractivity contribution in [3.05, 3.63) is 81.7 Å². The minimum absolute atomic E-state index is 0.0235. The van der Waals surface area contributed by atoms with Gasteiger partial charge in [-0.05, 0) is 26.0 Å². The highest BCUT2D eigenvalue weighted by Gasteiger charge is 2.25. The number of amides is 1. The molecule has 4 heterocycles. The van der Waals surface area contributed by atoms with Gasteiger partial charge < -0.3 is 9.84 Å². The van der Waals surface area contributed by atoms with Crippen LogP contribution in [0.1, 0.15) is 39.1 Å². The van der Waals surface area contributed by atoms with Crippen LogP contribution in [0.15, 0.2) is 41.1 Å². The Morgan fingerprint density at radius 3 is 2.73 bits per heavy atom. The standard InChI is InChI=1S/C22H19ClF2N6O2/c1-11-20(12(2)31(3)29-11)14(16-5-4-6-19(23)28-16)10-27-22(32)18-8-17(30-33-18)21-15(25)7-13(24)9-26-21/h4-9,14H,10H2,1-3H3,(H,27,32). The van der Waals surface area contributed by atoms with Gasteiger partial charge in [-0.2, -0.15) is 5.10 Å². The normalized spacial score (nSPS) is 12.1. The van der Waals surface area contributed by atoms with Crippen LogP contribution in [0, 0.1) is 25.5 Å². The summed E-state index contributed by atoms with van der Waals surface area (Å²) < 4.78 is 33.9. The quantitative estimate of drug-likeness (QED) is 0.426. The number of rotatable bonds is 6. The van der Waals surface area contributed by atoms with Gasteiger partial charge in [0.25, 0.3) is 5.91 Å². The van der Waals surface area contributed by atoms with Crippen LogP contribution in [-0.4, -0.2) is 37.4 Å². The predicted molar refractivity (Wildman–Crippen MR) is 116 cm³/mol. The monoisotopic (exact) mass is 472 g/mol. The van der Waals surface area contributed by atoms with E-state index in [2.05, 4.69) is 25.5 Å². The van der Waals surface area contributed by atoms with E-state index < -0.39 is 17.5 Å². The van der Waals surface area contributed by atoms with E-state index in [-0.39, 0.29) is 29.6 Å². The average molecular weight is 473 g/mol. The van der Waals surface area contributed by atoms with Crippen molar-refractivity contribution in [2.24, 2.45) is 7.05 Å². The summed E-state index contributed by atoms with van der Waals surface area (Å²) >= 11 is 6.10. The molecule has 0 bridgehead atoms. The largest absolute Gasteiger partial charge is 0.350 e. The zero-order valence-electron chi connectivity index (χ0n) is 17.9. The molecule has 8 nitrogen and oxygen atoms in total. The van der Waals surface area contributed by atoms with Crippen LogP contribution < -0.4 is 5.32 Å². The highest BCUT2D eigenvalue weighted by atomic mass is 35.5. The Hall–Kier alpha value is -3.66. The van der Waals surface area contributed by atoms with Crippen molar-refractivity contribution in [2.45, 2.75) is 19.8 Å². The van der Waals surface area contributed by atoms with Gasteiger partial charge in [-0.15, -0.1) is 0 Å². The maximum Gasteiger partial charge on any atom is 0.289 e. The van der Waals surface area contributed by atoms with Gasteiger partial charge >= 0.3 is 0 Å². The minimum atomic E-state index is -0.912. The van der Waals surface area contributed by atoms with E-state index in [4.69, 9.17) is 16.1 Å². The lowest BCUT2D eigenvalue weighted by Gasteiger charge is -2.18. The molecule has 1 atom stereocenters. The molecule has 33 heavy (non-hydrogen) atoms. The molecule has 170 valence electrons. The number of halogens is 3. The highest BCUT2D eigenvalue weighted by Crippen LogP contribution is 2.29. The lowest BCUT2D eigenvalue weighted by atomic mass is 9.93. The van der Waals surface area contributed by atoms with Crippen LogP contribution >= 0.6 is 11.6 Å². The molecule has 0 spiro atoms. The lowest BCUT2D eigenvalue weighted by molar-refractivity contribution is 0.0915. The second kappa shape index (κ2) is 9.07. The van der Waals surface area contributed by atoms with Crippen molar-refractivity contribution in [3.63, 3.8) is 0 Å². The van der Waals surface area contributed by atoms with Gasteiger partial charge in [-0.3, -0.25) is 9.48 Å². The smallest absolute Gasteiger partial charge is 0.289 e. The van der Waals surface area contributed by atoms with Gasteiger partial charge in [0, 0.05) is 42.9 Å². The lowest BCUT2D eigenvalue weighted by Crippen LogP contribution is -2.29. The third-order valence-electron chi connectivity index (χ3n) is 5.26. The predicted octanol–water partition coefficient (Wildman–Crippen LogP) is 3.98. The van der Waals surface area contributed by atoms with Gasteiger partial charge in [0.15, 0.2) is 5.82 Å². The molecule has 1 amide bonds.